The average molecular weight is 208 g/mol. The maximum atomic E-state index is 5.74. The molecule has 78 valence electrons. The predicted molar refractivity (Wildman–Crippen MR) is 53.4 cm³/mol. The van der Waals surface area contributed by atoms with Gasteiger partial charge in [-0.25, -0.2) is 0 Å². The molecule has 2 unspecified atom stereocenters. The van der Waals surface area contributed by atoms with Crippen molar-refractivity contribution in [2.24, 2.45) is 0 Å². The lowest BCUT2D eigenvalue weighted by Gasteiger charge is -2.37. The van der Waals surface area contributed by atoms with Crippen LogP contribution in [0.2, 0.25) is 0 Å². The minimum atomic E-state index is 0.190. The standard InChI is InChI=1S/C9H18ClNO2/c1-8-7-13-9(5-10)6-11(8)3-4-12-2/h8-9H,3-7H2,1-2H3. The second-order valence-electron chi connectivity index (χ2n) is 3.45. The van der Waals surface area contributed by atoms with Crippen LogP contribution in [-0.2, 0) is 9.47 Å². The molecule has 1 aliphatic rings. The number of hydrogen-bond donors (Lipinski definition) is 0. The molecule has 0 N–H and O–H groups in total. The Morgan fingerprint density at radius 1 is 1.62 bits per heavy atom. The van der Waals surface area contributed by atoms with Gasteiger partial charge in [-0.3, -0.25) is 4.90 Å². The monoisotopic (exact) mass is 207 g/mol. The van der Waals surface area contributed by atoms with Crippen molar-refractivity contribution < 1.29 is 9.47 Å². The van der Waals surface area contributed by atoms with E-state index in [9.17, 15) is 0 Å². The van der Waals surface area contributed by atoms with Gasteiger partial charge in [-0.05, 0) is 6.92 Å². The minimum Gasteiger partial charge on any atom is -0.383 e. The third kappa shape index (κ3) is 3.43. The van der Waals surface area contributed by atoms with Crippen molar-refractivity contribution >= 4 is 11.6 Å². The molecule has 0 aromatic heterocycles. The SMILES string of the molecule is COCCN1CC(CCl)OCC1C. The van der Waals surface area contributed by atoms with Gasteiger partial charge in [0.25, 0.3) is 0 Å². The number of methoxy groups -OCH3 is 1. The molecule has 2 atom stereocenters. The van der Waals surface area contributed by atoms with Crippen LogP contribution in [-0.4, -0.2) is 56.3 Å². The normalized spacial score (nSPS) is 30.7. The number of morpholine rings is 1. The van der Waals surface area contributed by atoms with Gasteiger partial charge in [0.15, 0.2) is 0 Å². The fourth-order valence-electron chi connectivity index (χ4n) is 1.49. The van der Waals surface area contributed by atoms with Gasteiger partial charge in [0.2, 0.25) is 0 Å². The van der Waals surface area contributed by atoms with Gasteiger partial charge in [0, 0.05) is 32.1 Å². The van der Waals surface area contributed by atoms with Crippen molar-refractivity contribution in [3.05, 3.63) is 0 Å². The Bertz CT molecular complexity index is 146. The lowest BCUT2D eigenvalue weighted by molar-refractivity contribution is -0.0534. The molecular weight excluding hydrogens is 190 g/mol. The summed E-state index contributed by atoms with van der Waals surface area (Å²) < 4.78 is 10.6. The summed E-state index contributed by atoms with van der Waals surface area (Å²) in [5.41, 5.74) is 0. The Balaban J connectivity index is 2.31. The smallest absolute Gasteiger partial charge is 0.0837 e. The number of halogens is 1. The van der Waals surface area contributed by atoms with Crippen molar-refractivity contribution in [3.8, 4) is 0 Å². The Hall–Kier alpha value is 0.170. The fraction of sp³-hybridized carbons (Fsp3) is 1.00. The summed E-state index contributed by atoms with van der Waals surface area (Å²) in [6.45, 7) is 5.61. The molecule has 1 rings (SSSR count). The molecule has 0 aromatic rings. The summed E-state index contributed by atoms with van der Waals surface area (Å²) in [7, 11) is 1.73. The van der Waals surface area contributed by atoms with E-state index in [1.165, 1.54) is 0 Å². The number of rotatable bonds is 4. The van der Waals surface area contributed by atoms with Crippen LogP contribution < -0.4 is 0 Å². The van der Waals surface area contributed by atoms with E-state index >= 15 is 0 Å². The maximum Gasteiger partial charge on any atom is 0.0837 e. The molecule has 0 radical (unpaired) electrons. The van der Waals surface area contributed by atoms with Gasteiger partial charge < -0.3 is 9.47 Å². The van der Waals surface area contributed by atoms with Crippen LogP contribution in [0.15, 0.2) is 0 Å². The molecule has 1 fully saturated rings. The number of hydrogen-bond acceptors (Lipinski definition) is 3. The van der Waals surface area contributed by atoms with Crippen molar-refractivity contribution in [1.29, 1.82) is 0 Å². The van der Waals surface area contributed by atoms with Crippen LogP contribution in [0.1, 0.15) is 6.92 Å². The van der Waals surface area contributed by atoms with Gasteiger partial charge in [0.05, 0.1) is 19.3 Å². The first-order valence-electron chi connectivity index (χ1n) is 4.68. The molecule has 0 saturated carbocycles. The summed E-state index contributed by atoms with van der Waals surface area (Å²) >= 11 is 5.74. The van der Waals surface area contributed by atoms with E-state index in [0.29, 0.717) is 11.9 Å². The Morgan fingerprint density at radius 2 is 2.38 bits per heavy atom. The lowest BCUT2D eigenvalue weighted by atomic mass is 10.2. The van der Waals surface area contributed by atoms with Crippen molar-refractivity contribution in [2.75, 3.05) is 39.3 Å². The molecular formula is C9H18ClNO2. The predicted octanol–water partition coefficient (Wildman–Crippen LogP) is 0.961. The van der Waals surface area contributed by atoms with Gasteiger partial charge in [0.1, 0.15) is 0 Å². The second kappa shape index (κ2) is 5.81. The molecule has 0 bridgehead atoms. The highest BCUT2D eigenvalue weighted by Gasteiger charge is 2.24. The summed E-state index contributed by atoms with van der Waals surface area (Å²) in [5.74, 6) is 0.580. The zero-order valence-electron chi connectivity index (χ0n) is 8.33. The van der Waals surface area contributed by atoms with E-state index in [1.54, 1.807) is 7.11 Å². The molecule has 1 heterocycles. The summed E-state index contributed by atoms with van der Waals surface area (Å²) in [4.78, 5) is 2.36. The van der Waals surface area contributed by atoms with Crippen molar-refractivity contribution in [2.45, 2.75) is 19.1 Å². The van der Waals surface area contributed by atoms with Gasteiger partial charge in [-0.1, -0.05) is 0 Å². The topological polar surface area (TPSA) is 21.7 Å². The third-order valence-corrected chi connectivity index (χ3v) is 2.73. The maximum absolute atomic E-state index is 5.74. The highest BCUT2D eigenvalue weighted by molar-refractivity contribution is 6.18. The van der Waals surface area contributed by atoms with E-state index in [2.05, 4.69) is 11.8 Å². The number of alkyl halides is 1. The van der Waals surface area contributed by atoms with Crippen LogP contribution >= 0.6 is 11.6 Å². The zero-order valence-corrected chi connectivity index (χ0v) is 9.09. The van der Waals surface area contributed by atoms with Crippen molar-refractivity contribution in [3.63, 3.8) is 0 Å². The van der Waals surface area contributed by atoms with Crippen LogP contribution in [0.3, 0.4) is 0 Å². The highest BCUT2D eigenvalue weighted by Crippen LogP contribution is 2.11. The molecule has 1 saturated heterocycles. The Morgan fingerprint density at radius 3 is 3.00 bits per heavy atom. The van der Waals surface area contributed by atoms with E-state index in [1.807, 2.05) is 0 Å². The molecule has 0 spiro atoms. The highest BCUT2D eigenvalue weighted by atomic mass is 35.5. The van der Waals surface area contributed by atoms with E-state index in [4.69, 9.17) is 21.1 Å². The molecule has 4 heteroatoms. The molecule has 0 aliphatic carbocycles. The summed E-state index contributed by atoms with van der Waals surface area (Å²) in [6, 6.07) is 0.481. The van der Waals surface area contributed by atoms with Gasteiger partial charge >= 0.3 is 0 Å². The van der Waals surface area contributed by atoms with Crippen LogP contribution in [0.5, 0.6) is 0 Å². The molecule has 1 aliphatic heterocycles. The van der Waals surface area contributed by atoms with Crippen LogP contribution in [0, 0.1) is 0 Å². The second-order valence-corrected chi connectivity index (χ2v) is 3.76. The van der Waals surface area contributed by atoms with Crippen molar-refractivity contribution in [1.82, 2.24) is 4.90 Å². The third-order valence-electron chi connectivity index (χ3n) is 2.39. The van der Waals surface area contributed by atoms with Gasteiger partial charge in [-0.2, -0.15) is 0 Å². The van der Waals surface area contributed by atoms with Gasteiger partial charge in [-0.15, -0.1) is 11.6 Å². The largest absolute Gasteiger partial charge is 0.383 e. The Labute approximate surface area is 84.9 Å². The zero-order chi connectivity index (χ0) is 9.68. The van der Waals surface area contributed by atoms with E-state index < -0.39 is 0 Å². The number of nitrogens with zero attached hydrogens (tertiary/aromatic N) is 1. The molecule has 13 heavy (non-hydrogen) atoms. The lowest BCUT2D eigenvalue weighted by Crippen LogP contribution is -2.49. The first-order valence-corrected chi connectivity index (χ1v) is 5.22. The first-order chi connectivity index (χ1) is 6.27. The van der Waals surface area contributed by atoms with E-state index in [0.717, 1.165) is 26.3 Å². The summed E-state index contributed by atoms with van der Waals surface area (Å²) in [6.07, 6.45) is 0.190. The minimum absolute atomic E-state index is 0.190. The fourth-order valence-corrected chi connectivity index (χ4v) is 1.68. The van der Waals surface area contributed by atoms with Crippen LogP contribution in [0.25, 0.3) is 0 Å². The summed E-state index contributed by atoms with van der Waals surface area (Å²) in [5, 5.41) is 0. The van der Waals surface area contributed by atoms with E-state index in [-0.39, 0.29) is 6.10 Å². The number of ether oxygens (including phenoxy) is 2. The van der Waals surface area contributed by atoms with Crippen LogP contribution in [0.4, 0.5) is 0 Å². The molecule has 3 nitrogen and oxygen atoms in total. The molecule has 0 amide bonds. The average Bonchev–Trinajstić information content (AvgIpc) is 2.17. The molecule has 0 aromatic carbocycles. The quantitative estimate of drug-likeness (QED) is 0.642. The Kier molecular flexibility index (Phi) is 5.02. The first kappa shape index (κ1) is 11.2.